The smallest absolute Gasteiger partial charge is 0.327 e. The third-order valence-corrected chi connectivity index (χ3v) is 6.24. The van der Waals surface area contributed by atoms with Crippen LogP contribution >= 0.6 is 11.8 Å². The Bertz CT molecular complexity index is 505. The molecule has 0 aromatic carbocycles. The van der Waals surface area contributed by atoms with Crippen LogP contribution in [0.3, 0.4) is 0 Å². The summed E-state index contributed by atoms with van der Waals surface area (Å²) >= 11 is 1.55. The van der Waals surface area contributed by atoms with Crippen LogP contribution in [-0.4, -0.2) is 79.4 Å². The van der Waals surface area contributed by atoms with E-state index >= 15 is 0 Å². The maximum atomic E-state index is 12.3. The van der Waals surface area contributed by atoms with E-state index in [1.165, 1.54) is 30.6 Å². The number of fused-ring (bicyclic) bond motifs is 1. The lowest BCUT2D eigenvalue weighted by Crippen LogP contribution is -2.65. The fourth-order valence-corrected chi connectivity index (χ4v) is 5.13. The molecule has 0 bridgehead atoms. The van der Waals surface area contributed by atoms with Crippen LogP contribution in [0.2, 0.25) is 0 Å². The minimum Gasteiger partial charge on any atom is -0.480 e. The Balaban J connectivity index is 0.00000144. The van der Waals surface area contributed by atoms with Gasteiger partial charge in [-0.25, -0.2) is 4.79 Å². The summed E-state index contributed by atoms with van der Waals surface area (Å²) in [6.07, 6.45) is 6.67. The number of amides is 1. The highest BCUT2D eigenvalue weighted by atomic mass is 32.2. The lowest BCUT2D eigenvalue weighted by Gasteiger charge is -2.41. The summed E-state index contributed by atoms with van der Waals surface area (Å²) in [6, 6.07) is -1.17. The Morgan fingerprint density at radius 2 is 1.83 bits per heavy atom. The van der Waals surface area contributed by atoms with Crippen molar-refractivity contribution in [2.24, 2.45) is 4.99 Å². The predicted octanol–water partition coefficient (Wildman–Crippen LogP) is -0.243. The molecule has 138 valence electrons. The number of carbonyl (C=O) groups excluding carboxylic acids is 1. The van der Waals surface area contributed by atoms with Gasteiger partial charge in [-0.1, -0.05) is 12.8 Å². The Kier molecular flexibility index (Phi) is 6.66. The fourth-order valence-electron chi connectivity index (χ4n) is 3.51. The van der Waals surface area contributed by atoms with E-state index < -0.39 is 22.8 Å². The number of hydrogen-bond acceptors (Lipinski definition) is 4. The molecule has 0 aromatic rings. The normalized spacial score (nSPS) is 31.6. The van der Waals surface area contributed by atoms with Gasteiger partial charge in [0.05, 0.1) is 6.34 Å². The number of carbonyl (C=O) groups is 2. The molecule has 3 heterocycles. The molecule has 5 N–H and O–H groups in total. The van der Waals surface area contributed by atoms with Crippen LogP contribution in [-0.2, 0) is 9.59 Å². The molecule has 0 spiro atoms. The summed E-state index contributed by atoms with van der Waals surface area (Å²) in [5.41, 5.74) is 0. The molecule has 9 heteroatoms. The largest absolute Gasteiger partial charge is 0.480 e. The van der Waals surface area contributed by atoms with Gasteiger partial charge in [-0.05, 0) is 26.7 Å². The molecule has 0 saturated carbocycles. The number of β-lactam (4-membered cyclic amide) rings is 1. The lowest BCUT2D eigenvalue weighted by molar-refractivity contribution is -0.158. The summed E-state index contributed by atoms with van der Waals surface area (Å²) in [5, 5.41) is 9.25. The molecule has 3 rings (SSSR count). The molecular formula is C15H27N3O5S. The molecule has 0 aromatic heterocycles. The van der Waals surface area contributed by atoms with Gasteiger partial charge < -0.3 is 25.9 Å². The maximum Gasteiger partial charge on any atom is 0.327 e. The summed E-state index contributed by atoms with van der Waals surface area (Å²) in [7, 11) is 0. The number of likely N-dealkylation sites (tertiary alicyclic amines) is 1. The maximum absolute atomic E-state index is 12.3. The molecule has 3 aliphatic rings. The van der Waals surface area contributed by atoms with E-state index in [2.05, 4.69) is 9.89 Å². The van der Waals surface area contributed by atoms with Crippen LogP contribution in [0.4, 0.5) is 0 Å². The van der Waals surface area contributed by atoms with E-state index in [4.69, 9.17) is 0 Å². The first kappa shape index (κ1) is 20.7. The van der Waals surface area contributed by atoms with E-state index in [1.807, 2.05) is 20.2 Å². The van der Waals surface area contributed by atoms with Gasteiger partial charge >= 0.3 is 5.97 Å². The molecule has 1 amide bonds. The van der Waals surface area contributed by atoms with Crippen LogP contribution in [0.1, 0.15) is 39.5 Å². The topological polar surface area (TPSA) is 136 Å². The van der Waals surface area contributed by atoms with E-state index in [-0.39, 0.29) is 22.2 Å². The van der Waals surface area contributed by atoms with Gasteiger partial charge in [0.25, 0.3) is 5.91 Å². The molecule has 3 aliphatic heterocycles. The number of carboxylic acids is 1. The zero-order valence-corrected chi connectivity index (χ0v) is 14.9. The number of aliphatic carboxylic acids is 1. The molecule has 24 heavy (non-hydrogen) atoms. The van der Waals surface area contributed by atoms with Crippen molar-refractivity contribution in [3.05, 3.63) is 0 Å². The summed E-state index contributed by atoms with van der Waals surface area (Å²) in [6.45, 7) is 5.76. The third kappa shape index (κ3) is 3.52. The molecule has 0 aliphatic carbocycles. The average molecular weight is 361 g/mol. The van der Waals surface area contributed by atoms with E-state index in [9.17, 15) is 14.7 Å². The zero-order valence-electron chi connectivity index (χ0n) is 14.1. The van der Waals surface area contributed by atoms with Crippen molar-refractivity contribution in [2.45, 2.75) is 61.7 Å². The first-order chi connectivity index (χ1) is 10.4. The van der Waals surface area contributed by atoms with E-state index in [0.29, 0.717) is 0 Å². The van der Waals surface area contributed by atoms with Crippen molar-refractivity contribution in [3.63, 3.8) is 0 Å². The fraction of sp³-hybridized carbons (Fsp3) is 0.800. The van der Waals surface area contributed by atoms with Gasteiger partial charge in [-0.15, -0.1) is 11.8 Å². The highest BCUT2D eigenvalue weighted by molar-refractivity contribution is 8.01. The Morgan fingerprint density at radius 3 is 2.38 bits per heavy atom. The van der Waals surface area contributed by atoms with Crippen LogP contribution in [0.15, 0.2) is 4.99 Å². The second kappa shape index (κ2) is 7.71. The van der Waals surface area contributed by atoms with E-state index in [0.717, 1.165) is 13.1 Å². The summed E-state index contributed by atoms with van der Waals surface area (Å²) in [4.78, 5) is 31.9. The second-order valence-corrected chi connectivity index (χ2v) is 8.53. The van der Waals surface area contributed by atoms with E-state index in [1.54, 1.807) is 11.8 Å². The third-order valence-electron chi connectivity index (χ3n) is 4.68. The van der Waals surface area contributed by atoms with Gasteiger partial charge in [0.1, 0.15) is 11.4 Å². The minimum atomic E-state index is -0.928. The van der Waals surface area contributed by atoms with Crippen LogP contribution in [0.5, 0.6) is 0 Å². The number of nitrogens with zero attached hydrogens (tertiary/aromatic N) is 3. The SMILES string of the molecule is CC1(C)S[C@@H]2C(N=CN3CCCCCC3)C(=O)N2[C@H]1C(=O)O.O.O. The molecular weight excluding hydrogens is 334 g/mol. The van der Waals surface area contributed by atoms with Crippen molar-refractivity contribution in [3.8, 4) is 0 Å². The average Bonchev–Trinajstić information content (AvgIpc) is 2.60. The van der Waals surface area contributed by atoms with Gasteiger partial charge in [-0.3, -0.25) is 9.79 Å². The molecule has 0 radical (unpaired) electrons. The van der Waals surface area contributed by atoms with Crippen molar-refractivity contribution in [1.82, 2.24) is 9.80 Å². The predicted molar refractivity (Wildman–Crippen MR) is 93.3 cm³/mol. The molecule has 1 unspecified atom stereocenters. The molecule has 3 fully saturated rings. The van der Waals surface area contributed by atoms with Crippen LogP contribution < -0.4 is 0 Å². The summed E-state index contributed by atoms with van der Waals surface area (Å²) < 4.78 is -0.473. The highest BCUT2D eigenvalue weighted by Gasteiger charge is 2.63. The van der Waals surface area contributed by atoms with Crippen molar-refractivity contribution in [1.29, 1.82) is 0 Å². The molecule has 3 atom stereocenters. The monoisotopic (exact) mass is 361 g/mol. The first-order valence-corrected chi connectivity index (χ1v) is 8.80. The van der Waals surface area contributed by atoms with Crippen molar-refractivity contribution >= 4 is 30.0 Å². The minimum absolute atomic E-state index is 0. The van der Waals surface area contributed by atoms with Gasteiger partial charge in [-0.2, -0.15) is 0 Å². The lowest BCUT2D eigenvalue weighted by atomic mass is 9.96. The molecule has 3 saturated heterocycles. The Labute approximate surface area is 145 Å². The highest BCUT2D eigenvalue weighted by Crippen LogP contribution is 2.51. The second-order valence-electron chi connectivity index (χ2n) is 6.76. The Hall–Kier alpha value is -1.32. The number of carboxylic acid groups (broad SMARTS) is 1. The Morgan fingerprint density at radius 1 is 1.25 bits per heavy atom. The number of thioether (sulfide) groups is 1. The van der Waals surface area contributed by atoms with Crippen LogP contribution in [0, 0.1) is 0 Å². The van der Waals surface area contributed by atoms with Crippen LogP contribution in [0.25, 0.3) is 0 Å². The zero-order chi connectivity index (χ0) is 15.9. The number of rotatable bonds is 3. The molecule has 8 nitrogen and oxygen atoms in total. The van der Waals surface area contributed by atoms with Gasteiger partial charge in [0.2, 0.25) is 0 Å². The van der Waals surface area contributed by atoms with Crippen molar-refractivity contribution < 1.29 is 25.6 Å². The van der Waals surface area contributed by atoms with Crippen molar-refractivity contribution in [2.75, 3.05) is 13.1 Å². The number of aliphatic imine (C=N–C) groups is 1. The summed E-state index contributed by atoms with van der Waals surface area (Å²) in [5.74, 6) is -1.08. The number of hydrogen-bond donors (Lipinski definition) is 1. The quantitative estimate of drug-likeness (QED) is 0.420. The standard InChI is InChI=1S/C15H23N3O3S.2H2O/c1-15(2)11(14(20)21)18-12(19)10(13(18)22-15)16-9-17-7-5-3-4-6-8-17;;/h9-11,13H,3-8H2,1-2H3,(H,20,21);2*1H2/t10?,11-,13+;;/m0../s1. The van der Waals surface area contributed by atoms with Gasteiger partial charge in [0, 0.05) is 17.8 Å². The first-order valence-electron chi connectivity index (χ1n) is 7.92. The van der Waals surface area contributed by atoms with Gasteiger partial charge in [0.15, 0.2) is 6.04 Å².